The molecule has 0 aliphatic rings. The van der Waals surface area contributed by atoms with Gasteiger partial charge in [0, 0.05) is 11.4 Å². The van der Waals surface area contributed by atoms with Crippen LogP contribution >= 0.6 is 0 Å². The van der Waals surface area contributed by atoms with E-state index in [-0.39, 0.29) is 18.1 Å². The largest absolute Gasteiger partial charge is 0.495 e. The van der Waals surface area contributed by atoms with Crippen LogP contribution in [0.15, 0.2) is 72.8 Å². The van der Waals surface area contributed by atoms with Crippen molar-refractivity contribution in [3.8, 4) is 5.75 Å². The van der Waals surface area contributed by atoms with Crippen LogP contribution in [-0.2, 0) is 11.2 Å². The molecule has 132 valence electrons. The molecule has 2 N–H and O–H groups in total. The lowest BCUT2D eigenvalue weighted by Gasteiger charge is -2.11. The lowest BCUT2D eigenvalue weighted by Crippen LogP contribution is -2.14. The van der Waals surface area contributed by atoms with E-state index in [1.807, 2.05) is 36.4 Å². The van der Waals surface area contributed by atoms with E-state index >= 15 is 0 Å². The molecule has 0 saturated carbocycles. The number of hydrogen-bond donors (Lipinski definition) is 2. The van der Waals surface area contributed by atoms with Crippen LogP contribution in [0.3, 0.4) is 0 Å². The first kappa shape index (κ1) is 17.5. The minimum absolute atomic E-state index is 0.124. The zero-order valence-corrected chi connectivity index (χ0v) is 14.3. The number of amides is 1. The van der Waals surface area contributed by atoms with Gasteiger partial charge in [0.05, 0.1) is 19.2 Å². The van der Waals surface area contributed by atoms with Gasteiger partial charge in [-0.2, -0.15) is 0 Å². The Labute approximate surface area is 151 Å². The molecule has 0 radical (unpaired) electrons. The van der Waals surface area contributed by atoms with Gasteiger partial charge in [0.25, 0.3) is 0 Å². The number of nitrogens with one attached hydrogen (secondary N) is 2. The van der Waals surface area contributed by atoms with Crippen LogP contribution in [0, 0.1) is 5.82 Å². The topological polar surface area (TPSA) is 50.4 Å². The van der Waals surface area contributed by atoms with Gasteiger partial charge in [-0.05, 0) is 54.1 Å². The summed E-state index contributed by atoms with van der Waals surface area (Å²) >= 11 is 0. The molecule has 3 aromatic carbocycles. The predicted octanol–water partition coefficient (Wildman–Crippen LogP) is 4.76. The van der Waals surface area contributed by atoms with Gasteiger partial charge in [0.15, 0.2) is 0 Å². The van der Waals surface area contributed by atoms with Crippen LogP contribution in [0.5, 0.6) is 5.75 Å². The van der Waals surface area contributed by atoms with Gasteiger partial charge in [0.1, 0.15) is 11.6 Å². The normalized spacial score (nSPS) is 10.2. The van der Waals surface area contributed by atoms with Crippen LogP contribution < -0.4 is 15.4 Å². The molecule has 0 spiro atoms. The van der Waals surface area contributed by atoms with Crippen LogP contribution in [-0.4, -0.2) is 13.0 Å². The van der Waals surface area contributed by atoms with Crippen molar-refractivity contribution in [2.75, 3.05) is 17.7 Å². The Morgan fingerprint density at radius 2 is 1.69 bits per heavy atom. The van der Waals surface area contributed by atoms with Crippen molar-refractivity contribution in [1.82, 2.24) is 0 Å². The number of carbonyl (C=O) groups excluding carboxylic acids is 1. The molecule has 0 fully saturated rings. The third-order valence-corrected chi connectivity index (χ3v) is 3.81. The third kappa shape index (κ3) is 4.60. The van der Waals surface area contributed by atoms with E-state index < -0.39 is 0 Å². The van der Waals surface area contributed by atoms with Crippen molar-refractivity contribution in [2.45, 2.75) is 6.42 Å². The van der Waals surface area contributed by atoms with Crippen LogP contribution in [0.1, 0.15) is 5.56 Å². The number of anilines is 3. The fraction of sp³-hybridized carbons (Fsp3) is 0.0952. The van der Waals surface area contributed by atoms with Gasteiger partial charge in [-0.1, -0.05) is 24.3 Å². The Morgan fingerprint density at radius 1 is 0.962 bits per heavy atom. The second kappa shape index (κ2) is 8.16. The zero-order valence-electron chi connectivity index (χ0n) is 14.3. The molecule has 0 saturated heterocycles. The molecule has 0 aliphatic carbocycles. The first-order valence-electron chi connectivity index (χ1n) is 8.18. The maximum Gasteiger partial charge on any atom is 0.228 e. The molecule has 26 heavy (non-hydrogen) atoms. The first-order chi connectivity index (χ1) is 12.6. The average molecular weight is 350 g/mol. The summed E-state index contributed by atoms with van der Waals surface area (Å²) in [6, 6.07) is 21.0. The summed E-state index contributed by atoms with van der Waals surface area (Å²) in [4.78, 5) is 12.1. The highest BCUT2D eigenvalue weighted by molar-refractivity contribution is 5.92. The van der Waals surface area contributed by atoms with Crippen molar-refractivity contribution in [3.63, 3.8) is 0 Å². The lowest BCUT2D eigenvalue weighted by molar-refractivity contribution is -0.115. The Bertz CT molecular complexity index is 895. The molecule has 1 amide bonds. The molecule has 0 bridgehead atoms. The summed E-state index contributed by atoms with van der Waals surface area (Å²) in [6.07, 6.45) is 0.124. The maximum atomic E-state index is 13.2. The monoisotopic (exact) mass is 350 g/mol. The molecule has 0 aliphatic heterocycles. The van der Waals surface area contributed by atoms with Gasteiger partial charge >= 0.3 is 0 Å². The van der Waals surface area contributed by atoms with E-state index in [0.717, 1.165) is 17.1 Å². The lowest BCUT2D eigenvalue weighted by atomic mass is 10.1. The summed E-state index contributed by atoms with van der Waals surface area (Å²) in [6.45, 7) is 0. The third-order valence-electron chi connectivity index (χ3n) is 3.81. The number of methoxy groups -OCH3 is 1. The van der Waals surface area contributed by atoms with Crippen molar-refractivity contribution in [3.05, 3.63) is 84.2 Å². The van der Waals surface area contributed by atoms with Crippen molar-refractivity contribution < 1.29 is 13.9 Å². The number of hydrogen-bond acceptors (Lipinski definition) is 3. The number of rotatable bonds is 6. The standard InChI is InChI=1S/C21H19FN2O2/c1-26-20-8-3-2-7-19(20)23-17-9-11-18(12-10-17)24-21(25)14-15-5-4-6-16(22)13-15/h2-13,23H,14H2,1H3,(H,24,25). The number of halogens is 1. The summed E-state index contributed by atoms with van der Waals surface area (Å²) in [5, 5.41) is 6.08. The van der Waals surface area contributed by atoms with E-state index in [1.54, 1.807) is 31.4 Å². The Balaban J connectivity index is 1.61. The molecule has 3 rings (SSSR count). The van der Waals surface area contributed by atoms with Gasteiger partial charge in [0.2, 0.25) is 5.91 Å². The Hall–Kier alpha value is -3.34. The van der Waals surface area contributed by atoms with Crippen LogP contribution in [0.4, 0.5) is 21.5 Å². The highest BCUT2D eigenvalue weighted by atomic mass is 19.1. The van der Waals surface area contributed by atoms with E-state index in [1.165, 1.54) is 12.1 Å². The summed E-state index contributed by atoms with van der Waals surface area (Å²) < 4.78 is 18.5. The Kier molecular flexibility index (Phi) is 5.49. The van der Waals surface area contributed by atoms with E-state index in [9.17, 15) is 9.18 Å². The molecule has 5 heteroatoms. The molecular weight excluding hydrogens is 331 g/mol. The quantitative estimate of drug-likeness (QED) is 0.674. The smallest absolute Gasteiger partial charge is 0.228 e. The van der Waals surface area contributed by atoms with Crippen LogP contribution in [0.25, 0.3) is 0 Å². The zero-order chi connectivity index (χ0) is 18.4. The fourth-order valence-corrected chi connectivity index (χ4v) is 2.58. The van der Waals surface area contributed by atoms with Crippen molar-refractivity contribution >= 4 is 23.0 Å². The molecular formula is C21H19FN2O2. The molecule has 4 nitrogen and oxygen atoms in total. The predicted molar refractivity (Wildman–Crippen MR) is 101 cm³/mol. The Morgan fingerprint density at radius 3 is 2.42 bits per heavy atom. The summed E-state index contributed by atoms with van der Waals surface area (Å²) in [5.74, 6) is 0.211. The fourth-order valence-electron chi connectivity index (χ4n) is 2.58. The van der Waals surface area contributed by atoms with E-state index in [4.69, 9.17) is 4.74 Å². The molecule has 0 heterocycles. The number of carbonyl (C=O) groups is 1. The molecule has 0 unspecified atom stereocenters. The molecule has 0 atom stereocenters. The minimum atomic E-state index is -0.345. The highest BCUT2D eigenvalue weighted by Gasteiger charge is 2.06. The van der Waals surface area contributed by atoms with E-state index in [2.05, 4.69) is 10.6 Å². The van der Waals surface area contributed by atoms with Crippen molar-refractivity contribution in [1.29, 1.82) is 0 Å². The molecule has 3 aromatic rings. The van der Waals surface area contributed by atoms with Gasteiger partial charge in [-0.25, -0.2) is 4.39 Å². The van der Waals surface area contributed by atoms with Crippen molar-refractivity contribution in [2.24, 2.45) is 0 Å². The number of para-hydroxylation sites is 2. The highest BCUT2D eigenvalue weighted by Crippen LogP contribution is 2.27. The van der Waals surface area contributed by atoms with Crippen LogP contribution in [0.2, 0.25) is 0 Å². The van der Waals surface area contributed by atoms with Gasteiger partial charge in [-0.15, -0.1) is 0 Å². The molecule has 0 aromatic heterocycles. The average Bonchev–Trinajstić information content (AvgIpc) is 2.64. The minimum Gasteiger partial charge on any atom is -0.495 e. The van der Waals surface area contributed by atoms with E-state index in [0.29, 0.717) is 11.3 Å². The second-order valence-corrected chi connectivity index (χ2v) is 5.76. The summed E-state index contributed by atoms with van der Waals surface area (Å²) in [5.41, 5.74) is 3.05. The van der Waals surface area contributed by atoms with Gasteiger partial charge < -0.3 is 15.4 Å². The SMILES string of the molecule is COc1ccccc1Nc1ccc(NC(=O)Cc2cccc(F)c2)cc1. The van der Waals surface area contributed by atoms with Gasteiger partial charge in [-0.3, -0.25) is 4.79 Å². The number of benzene rings is 3. The number of ether oxygens (including phenoxy) is 1. The summed E-state index contributed by atoms with van der Waals surface area (Å²) in [7, 11) is 1.62. The second-order valence-electron chi connectivity index (χ2n) is 5.76. The maximum absolute atomic E-state index is 13.2. The first-order valence-corrected chi connectivity index (χ1v) is 8.18.